The van der Waals surface area contributed by atoms with Gasteiger partial charge in [0, 0.05) is 12.4 Å². The summed E-state index contributed by atoms with van der Waals surface area (Å²) in [5.41, 5.74) is 3.83. The maximum Gasteiger partial charge on any atom is 0.276 e. The van der Waals surface area contributed by atoms with E-state index in [0.717, 1.165) is 22.6 Å². The Bertz CT molecular complexity index is 1100. The number of nitrogens with zero attached hydrogens (tertiary/aromatic N) is 4. The number of rotatable bonds is 5. The smallest absolute Gasteiger partial charge is 0.276 e. The number of methoxy groups -OCH3 is 1. The van der Waals surface area contributed by atoms with Crippen LogP contribution in [0.3, 0.4) is 0 Å². The second kappa shape index (κ2) is 6.95. The third-order valence-electron chi connectivity index (χ3n) is 4.29. The number of ether oxygens (including phenoxy) is 1. The Morgan fingerprint density at radius 1 is 1.15 bits per heavy atom. The van der Waals surface area contributed by atoms with Crippen molar-refractivity contribution >= 4 is 11.6 Å². The van der Waals surface area contributed by atoms with Gasteiger partial charge in [0.25, 0.3) is 5.91 Å². The van der Waals surface area contributed by atoms with E-state index in [1.165, 1.54) is 7.11 Å². The van der Waals surface area contributed by atoms with Crippen LogP contribution in [0.5, 0.6) is 5.75 Å². The monoisotopic (exact) mass is 361 g/mol. The zero-order valence-corrected chi connectivity index (χ0v) is 15.1. The molecule has 3 heterocycles. The molecule has 0 bridgehead atoms. The SMILES string of the molecule is COc1cn(-c2ccccc2)nc1C(=O)NCc1cn2cccc(C)c2n1. The van der Waals surface area contributed by atoms with Gasteiger partial charge in [0.2, 0.25) is 0 Å². The van der Waals surface area contributed by atoms with E-state index in [0.29, 0.717) is 12.3 Å². The molecule has 0 fully saturated rings. The molecule has 0 radical (unpaired) electrons. The van der Waals surface area contributed by atoms with Crippen LogP contribution in [0.2, 0.25) is 0 Å². The van der Waals surface area contributed by atoms with Crippen molar-refractivity contribution in [1.29, 1.82) is 0 Å². The summed E-state index contributed by atoms with van der Waals surface area (Å²) in [5.74, 6) is 0.109. The van der Waals surface area contributed by atoms with Crippen LogP contribution in [-0.2, 0) is 6.54 Å². The number of hydrogen-bond donors (Lipinski definition) is 1. The Hall–Kier alpha value is -3.61. The topological polar surface area (TPSA) is 73.5 Å². The molecule has 0 unspecified atom stereocenters. The predicted octanol–water partition coefficient (Wildman–Crippen LogP) is 2.77. The number of pyridine rings is 1. The molecule has 1 amide bonds. The summed E-state index contributed by atoms with van der Waals surface area (Å²) in [6.45, 7) is 2.31. The van der Waals surface area contributed by atoms with Gasteiger partial charge in [-0.15, -0.1) is 0 Å². The van der Waals surface area contributed by atoms with E-state index in [-0.39, 0.29) is 11.6 Å². The normalized spacial score (nSPS) is 10.9. The van der Waals surface area contributed by atoms with Gasteiger partial charge >= 0.3 is 0 Å². The summed E-state index contributed by atoms with van der Waals surface area (Å²) < 4.78 is 8.89. The number of aromatic nitrogens is 4. The first-order valence-corrected chi connectivity index (χ1v) is 8.56. The number of carbonyl (C=O) groups excluding carboxylic acids is 1. The highest BCUT2D eigenvalue weighted by molar-refractivity contribution is 5.94. The number of amides is 1. The molecule has 0 saturated heterocycles. The fourth-order valence-electron chi connectivity index (χ4n) is 2.92. The molecule has 27 heavy (non-hydrogen) atoms. The van der Waals surface area contributed by atoms with Crippen LogP contribution in [0.1, 0.15) is 21.7 Å². The van der Waals surface area contributed by atoms with Crippen molar-refractivity contribution < 1.29 is 9.53 Å². The molecule has 0 aliphatic rings. The quantitative estimate of drug-likeness (QED) is 0.593. The number of para-hydroxylation sites is 1. The standard InChI is InChI=1S/C20H19N5O2/c1-14-7-6-10-24-12-15(22-19(14)24)11-21-20(26)18-17(27-2)13-25(23-18)16-8-4-3-5-9-16/h3-10,12-13H,11H2,1-2H3,(H,21,26). The summed E-state index contributed by atoms with van der Waals surface area (Å²) in [6.07, 6.45) is 5.53. The molecule has 136 valence electrons. The van der Waals surface area contributed by atoms with Crippen molar-refractivity contribution in [2.24, 2.45) is 0 Å². The third-order valence-corrected chi connectivity index (χ3v) is 4.29. The van der Waals surface area contributed by atoms with E-state index in [9.17, 15) is 4.79 Å². The fourth-order valence-corrected chi connectivity index (χ4v) is 2.92. The lowest BCUT2D eigenvalue weighted by atomic mass is 10.3. The fraction of sp³-hybridized carbons (Fsp3) is 0.150. The molecule has 0 aliphatic carbocycles. The van der Waals surface area contributed by atoms with Gasteiger partial charge in [0.1, 0.15) is 5.65 Å². The Balaban J connectivity index is 1.54. The van der Waals surface area contributed by atoms with Gasteiger partial charge in [0.15, 0.2) is 11.4 Å². The number of fused-ring (bicyclic) bond motifs is 1. The van der Waals surface area contributed by atoms with E-state index in [1.54, 1.807) is 10.9 Å². The lowest BCUT2D eigenvalue weighted by molar-refractivity contribution is 0.0942. The van der Waals surface area contributed by atoms with Crippen LogP contribution in [0.4, 0.5) is 0 Å². The summed E-state index contributed by atoms with van der Waals surface area (Å²) in [6, 6.07) is 13.5. The van der Waals surface area contributed by atoms with E-state index < -0.39 is 0 Å². The van der Waals surface area contributed by atoms with E-state index >= 15 is 0 Å². The summed E-state index contributed by atoms with van der Waals surface area (Å²) >= 11 is 0. The van der Waals surface area contributed by atoms with Crippen LogP contribution < -0.4 is 10.1 Å². The van der Waals surface area contributed by atoms with Crippen molar-refractivity contribution in [3.05, 3.63) is 78.0 Å². The molecule has 3 aromatic heterocycles. The van der Waals surface area contributed by atoms with Gasteiger partial charge < -0.3 is 14.5 Å². The van der Waals surface area contributed by atoms with Gasteiger partial charge in [0.05, 0.1) is 31.2 Å². The van der Waals surface area contributed by atoms with Crippen LogP contribution in [-0.4, -0.2) is 32.2 Å². The second-order valence-corrected chi connectivity index (χ2v) is 6.16. The van der Waals surface area contributed by atoms with Gasteiger partial charge in [-0.1, -0.05) is 24.3 Å². The van der Waals surface area contributed by atoms with Crippen LogP contribution >= 0.6 is 0 Å². The first kappa shape index (κ1) is 16.8. The lowest BCUT2D eigenvalue weighted by Crippen LogP contribution is -2.24. The van der Waals surface area contributed by atoms with Crippen LogP contribution in [0.25, 0.3) is 11.3 Å². The number of benzene rings is 1. The Morgan fingerprint density at radius 2 is 1.96 bits per heavy atom. The zero-order chi connectivity index (χ0) is 18.8. The number of carbonyl (C=O) groups is 1. The van der Waals surface area contributed by atoms with Gasteiger partial charge in [-0.3, -0.25) is 4.79 Å². The number of imidazole rings is 1. The molecule has 4 aromatic rings. The van der Waals surface area contributed by atoms with Gasteiger partial charge in [-0.05, 0) is 30.7 Å². The maximum absolute atomic E-state index is 12.6. The molecular weight excluding hydrogens is 342 g/mol. The Morgan fingerprint density at radius 3 is 2.70 bits per heavy atom. The highest BCUT2D eigenvalue weighted by Gasteiger charge is 2.18. The lowest BCUT2D eigenvalue weighted by Gasteiger charge is -2.02. The number of nitrogens with one attached hydrogen (secondary N) is 1. The maximum atomic E-state index is 12.6. The summed E-state index contributed by atoms with van der Waals surface area (Å²) in [7, 11) is 1.52. The van der Waals surface area contributed by atoms with Crippen molar-refractivity contribution in [3.63, 3.8) is 0 Å². The molecule has 7 nitrogen and oxygen atoms in total. The van der Waals surface area contributed by atoms with Gasteiger partial charge in [-0.2, -0.15) is 5.10 Å². The van der Waals surface area contributed by atoms with E-state index in [4.69, 9.17) is 4.74 Å². The highest BCUT2D eigenvalue weighted by Crippen LogP contribution is 2.19. The highest BCUT2D eigenvalue weighted by atomic mass is 16.5. The van der Waals surface area contributed by atoms with Crippen molar-refractivity contribution in [3.8, 4) is 11.4 Å². The molecule has 1 N–H and O–H groups in total. The van der Waals surface area contributed by atoms with E-state index in [2.05, 4.69) is 15.4 Å². The molecule has 7 heteroatoms. The molecule has 0 saturated carbocycles. The summed E-state index contributed by atoms with van der Waals surface area (Å²) in [4.78, 5) is 17.2. The zero-order valence-electron chi connectivity index (χ0n) is 15.1. The molecular formula is C20H19N5O2. The summed E-state index contributed by atoms with van der Waals surface area (Å²) in [5, 5.41) is 7.24. The van der Waals surface area contributed by atoms with Gasteiger partial charge in [-0.25, -0.2) is 9.67 Å². The number of hydrogen-bond acceptors (Lipinski definition) is 4. The molecule has 4 rings (SSSR count). The minimum Gasteiger partial charge on any atom is -0.493 e. The molecule has 0 aliphatic heterocycles. The molecule has 1 aromatic carbocycles. The molecule has 0 spiro atoms. The van der Waals surface area contributed by atoms with Crippen LogP contribution in [0.15, 0.2) is 61.1 Å². The average Bonchev–Trinajstić information content (AvgIpc) is 3.32. The first-order chi connectivity index (χ1) is 13.2. The Labute approximate surface area is 156 Å². The number of aryl methyl sites for hydroxylation is 1. The predicted molar refractivity (Wildman–Crippen MR) is 101 cm³/mol. The van der Waals surface area contributed by atoms with Crippen molar-refractivity contribution in [1.82, 2.24) is 24.5 Å². The third kappa shape index (κ3) is 3.27. The average molecular weight is 361 g/mol. The van der Waals surface area contributed by atoms with Crippen molar-refractivity contribution in [2.75, 3.05) is 7.11 Å². The second-order valence-electron chi connectivity index (χ2n) is 6.16. The Kier molecular flexibility index (Phi) is 4.33. The first-order valence-electron chi connectivity index (χ1n) is 8.56. The minimum absolute atomic E-state index is 0.237. The van der Waals surface area contributed by atoms with Crippen molar-refractivity contribution in [2.45, 2.75) is 13.5 Å². The minimum atomic E-state index is -0.310. The largest absolute Gasteiger partial charge is 0.493 e. The van der Waals surface area contributed by atoms with Crippen LogP contribution in [0, 0.1) is 6.92 Å². The van der Waals surface area contributed by atoms with E-state index in [1.807, 2.05) is 66.2 Å². The molecule has 0 atom stereocenters.